The van der Waals surface area contributed by atoms with Gasteiger partial charge in [0.15, 0.2) is 0 Å². The molecule has 1 amide bonds. The van der Waals surface area contributed by atoms with Gasteiger partial charge in [0.2, 0.25) is 5.91 Å². The first-order valence-corrected chi connectivity index (χ1v) is 6.53. The molecule has 1 aliphatic rings. The van der Waals surface area contributed by atoms with E-state index in [0.29, 0.717) is 26.3 Å². The van der Waals surface area contributed by atoms with Gasteiger partial charge >= 0.3 is 5.97 Å². The molecule has 0 saturated carbocycles. The van der Waals surface area contributed by atoms with Crippen molar-refractivity contribution in [2.45, 2.75) is 18.2 Å². The summed E-state index contributed by atoms with van der Waals surface area (Å²) < 4.78 is 5.16. The van der Waals surface area contributed by atoms with Gasteiger partial charge in [-0.05, 0) is 6.92 Å². The van der Waals surface area contributed by atoms with Gasteiger partial charge in [-0.15, -0.1) is 11.8 Å². The average molecular weight is 262 g/mol. The minimum Gasteiger partial charge on any atom is -0.480 e. The molecule has 2 atom stereocenters. The summed E-state index contributed by atoms with van der Waals surface area (Å²) in [6.45, 7) is 4.12. The van der Waals surface area contributed by atoms with Crippen LogP contribution in [-0.4, -0.2) is 65.2 Å². The largest absolute Gasteiger partial charge is 0.480 e. The summed E-state index contributed by atoms with van der Waals surface area (Å²) in [7, 11) is 0. The van der Waals surface area contributed by atoms with Crippen molar-refractivity contribution in [2.24, 2.45) is 5.73 Å². The van der Waals surface area contributed by atoms with Crippen LogP contribution >= 0.6 is 11.8 Å². The van der Waals surface area contributed by atoms with Crippen LogP contribution in [0.2, 0.25) is 0 Å². The maximum Gasteiger partial charge on any atom is 0.321 e. The zero-order valence-electron chi connectivity index (χ0n) is 9.80. The fraction of sp³-hybridized carbons (Fsp3) is 0.800. The van der Waals surface area contributed by atoms with E-state index in [0.717, 1.165) is 0 Å². The van der Waals surface area contributed by atoms with E-state index in [9.17, 15) is 9.59 Å². The summed E-state index contributed by atoms with van der Waals surface area (Å²) in [5.41, 5.74) is 5.38. The van der Waals surface area contributed by atoms with Gasteiger partial charge in [-0.2, -0.15) is 0 Å². The number of nitrogens with zero attached hydrogens (tertiary/aromatic N) is 1. The van der Waals surface area contributed by atoms with Crippen molar-refractivity contribution in [3.05, 3.63) is 0 Å². The first-order chi connectivity index (χ1) is 8.02. The Morgan fingerprint density at radius 3 is 2.59 bits per heavy atom. The summed E-state index contributed by atoms with van der Waals surface area (Å²) >= 11 is 1.28. The van der Waals surface area contributed by atoms with Crippen LogP contribution in [0.4, 0.5) is 0 Å². The molecule has 98 valence electrons. The molecule has 0 aromatic rings. The number of morpholine rings is 1. The van der Waals surface area contributed by atoms with Crippen molar-refractivity contribution >= 4 is 23.6 Å². The lowest BCUT2D eigenvalue weighted by Gasteiger charge is -2.29. The lowest BCUT2D eigenvalue weighted by molar-refractivity contribution is -0.138. The third kappa shape index (κ3) is 4.53. The van der Waals surface area contributed by atoms with Crippen molar-refractivity contribution in [1.82, 2.24) is 4.90 Å². The first-order valence-electron chi connectivity index (χ1n) is 5.49. The monoisotopic (exact) mass is 262 g/mol. The van der Waals surface area contributed by atoms with E-state index < -0.39 is 12.0 Å². The highest BCUT2D eigenvalue weighted by atomic mass is 32.2. The summed E-state index contributed by atoms with van der Waals surface area (Å²) in [6, 6.07) is -0.917. The highest BCUT2D eigenvalue weighted by Gasteiger charge is 2.24. The lowest BCUT2D eigenvalue weighted by Crippen LogP contribution is -2.44. The predicted octanol–water partition coefficient (Wildman–Crippen LogP) is -0.621. The van der Waals surface area contributed by atoms with E-state index in [1.165, 1.54) is 11.8 Å². The molecule has 0 aromatic carbocycles. The van der Waals surface area contributed by atoms with Crippen molar-refractivity contribution in [1.29, 1.82) is 0 Å². The minimum atomic E-state index is -1.04. The van der Waals surface area contributed by atoms with Gasteiger partial charge in [-0.3, -0.25) is 9.59 Å². The second-order valence-corrected chi connectivity index (χ2v) is 5.23. The van der Waals surface area contributed by atoms with Crippen LogP contribution in [0.5, 0.6) is 0 Å². The molecule has 0 spiro atoms. The number of thioether (sulfide) groups is 1. The third-order valence-electron chi connectivity index (χ3n) is 2.51. The molecule has 3 N–H and O–H groups in total. The Morgan fingerprint density at radius 1 is 1.47 bits per heavy atom. The molecule has 0 radical (unpaired) electrons. The lowest BCUT2D eigenvalue weighted by atomic mass is 10.3. The summed E-state index contributed by atoms with van der Waals surface area (Å²) in [4.78, 5) is 24.2. The number of rotatable bonds is 5. The summed E-state index contributed by atoms with van der Waals surface area (Å²) in [6.07, 6.45) is 0. The zero-order valence-corrected chi connectivity index (χ0v) is 10.6. The van der Waals surface area contributed by atoms with Gasteiger partial charge in [0, 0.05) is 18.8 Å². The average Bonchev–Trinajstić information content (AvgIpc) is 2.35. The number of carboxylic acid groups (broad SMARTS) is 1. The molecule has 6 nitrogen and oxygen atoms in total. The maximum atomic E-state index is 11.9. The van der Waals surface area contributed by atoms with Crippen LogP contribution in [0.15, 0.2) is 0 Å². The van der Waals surface area contributed by atoms with E-state index in [2.05, 4.69) is 0 Å². The second-order valence-electron chi connectivity index (χ2n) is 3.86. The van der Waals surface area contributed by atoms with Crippen molar-refractivity contribution < 1.29 is 19.4 Å². The Bertz CT molecular complexity index is 281. The van der Waals surface area contributed by atoms with Crippen LogP contribution in [-0.2, 0) is 14.3 Å². The van der Waals surface area contributed by atoms with Gasteiger partial charge in [0.1, 0.15) is 6.04 Å². The molecular weight excluding hydrogens is 244 g/mol. The highest BCUT2D eigenvalue weighted by molar-refractivity contribution is 8.00. The maximum absolute atomic E-state index is 11.9. The van der Waals surface area contributed by atoms with Crippen molar-refractivity contribution in [3.8, 4) is 0 Å². The number of nitrogens with two attached hydrogens (primary N) is 1. The van der Waals surface area contributed by atoms with Crippen LogP contribution in [0.3, 0.4) is 0 Å². The molecule has 1 saturated heterocycles. The number of hydrogen-bond acceptors (Lipinski definition) is 5. The summed E-state index contributed by atoms with van der Waals surface area (Å²) in [5.74, 6) is -0.772. The normalized spacial score (nSPS) is 19.8. The van der Waals surface area contributed by atoms with Crippen LogP contribution < -0.4 is 5.73 Å². The van der Waals surface area contributed by atoms with E-state index in [1.807, 2.05) is 0 Å². The van der Waals surface area contributed by atoms with Crippen LogP contribution in [0, 0.1) is 0 Å². The Hall–Kier alpha value is -0.790. The van der Waals surface area contributed by atoms with E-state index >= 15 is 0 Å². The number of carbonyl (C=O) groups excluding carboxylic acids is 1. The molecule has 1 fully saturated rings. The van der Waals surface area contributed by atoms with Gasteiger partial charge < -0.3 is 20.5 Å². The van der Waals surface area contributed by atoms with Crippen molar-refractivity contribution in [3.63, 3.8) is 0 Å². The Labute approximate surface area is 104 Å². The molecule has 1 rings (SSSR count). The number of carbonyl (C=O) groups is 2. The fourth-order valence-electron chi connectivity index (χ4n) is 1.43. The quantitative estimate of drug-likeness (QED) is 0.686. The number of carboxylic acids is 1. The first kappa shape index (κ1) is 14.3. The summed E-state index contributed by atoms with van der Waals surface area (Å²) in [5, 5.41) is 8.37. The second kappa shape index (κ2) is 6.83. The number of aliphatic carboxylic acids is 1. The Morgan fingerprint density at radius 2 is 2.06 bits per heavy atom. The zero-order chi connectivity index (χ0) is 12.8. The van der Waals surface area contributed by atoms with Gasteiger partial charge in [0.25, 0.3) is 0 Å². The molecule has 17 heavy (non-hydrogen) atoms. The smallest absolute Gasteiger partial charge is 0.321 e. The Kier molecular flexibility index (Phi) is 5.73. The van der Waals surface area contributed by atoms with Crippen LogP contribution in [0.1, 0.15) is 6.92 Å². The predicted molar refractivity (Wildman–Crippen MR) is 64.9 cm³/mol. The van der Waals surface area contributed by atoms with Gasteiger partial charge in [-0.1, -0.05) is 0 Å². The molecule has 1 heterocycles. The van der Waals surface area contributed by atoms with Gasteiger partial charge in [0.05, 0.1) is 18.5 Å². The third-order valence-corrected chi connectivity index (χ3v) is 3.77. The van der Waals surface area contributed by atoms with E-state index in [4.69, 9.17) is 15.6 Å². The molecule has 1 aliphatic heterocycles. The SMILES string of the molecule is CC(SC[C@@H](N)C(=O)O)C(=O)N1CCOCC1. The van der Waals surface area contributed by atoms with E-state index in [-0.39, 0.29) is 16.9 Å². The van der Waals surface area contributed by atoms with Crippen LogP contribution in [0.25, 0.3) is 0 Å². The topological polar surface area (TPSA) is 92.9 Å². The molecule has 0 aromatic heterocycles. The molecule has 7 heteroatoms. The van der Waals surface area contributed by atoms with E-state index in [1.54, 1.807) is 11.8 Å². The minimum absolute atomic E-state index is 0.0240. The molecular formula is C10H18N2O4S. The number of hydrogen-bond donors (Lipinski definition) is 2. The Balaban J connectivity index is 2.33. The number of ether oxygens (including phenoxy) is 1. The molecule has 0 bridgehead atoms. The van der Waals surface area contributed by atoms with Gasteiger partial charge in [-0.25, -0.2) is 0 Å². The highest BCUT2D eigenvalue weighted by Crippen LogP contribution is 2.15. The standard InChI is InChI=1S/C10H18N2O4S/c1-7(17-6-8(11)10(14)15)9(13)12-2-4-16-5-3-12/h7-8H,2-6,11H2,1H3,(H,14,15)/t7?,8-/m1/s1. The van der Waals surface area contributed by atoms with Crippen molar-refractivity contribution in [2.75, 3.05) is 32.1 Å². The fourth-order valence-corrected chi connectivity index (χ4v) is 2.36. The molecule has 1 unspecified atom stereocenters. The molecule has 0 aliphatic carbocycles. The number of amides is 1.